The average molecular weight is 415 g/mol. The van der Waals surface area contributed by atoms with Crippen LogP contribution in [0, 0.1) is 10.1 Å². The molecule has 0 bridgehead atoms. The molecule has 1 heterocycles. The van der Waals surface area contributed by atoms with E-state index in [0.717, 1.165) is 11.3 Å². The molecule has 3 aromatic rings. The average Bonchev–Trinajstić information content (AvgIpc) is 3.04. The number of hydrogen-bond acceptors (Lipinski definition) is 7. The maximum Gasteiger partial charge on any atom is 0.326 e. The minimum Gasteiger partial charge on any atom is -0.496 e. The summed E-state index contributed by atoms with van der Waals surface area (Å²) in [7, 11) is 1.45. The molecule has 0 saturated carbocycles. The maximum atomic E-state index is 12.7. The summed E-state index contributed by atoms with van der Waals surface area (Å²) < 4.78 is 12.3. The Morgan fingerprint density at radius 1 is 1.24 bits per heavy atom. The largest absolute Gasteiger partial charge is 0.496 e. The SMILES string of the molecule is CCOC(=O)Cn1c(=NC(=O)c2ccccc2OC)sc2ccc([N+](=O)[O-])cc21. The maximum absolute atomic E-state index is 12.7. The highest BCUT2D eigenvalue weighted by molar-refractivity contribution is 7.16. The number of para-hydroxylation sites is 1. The van der Waals surface area contributed by atoms with E-state index in [1.807, 2.05) is 0 Å². The van der Waals surface area contributed by atoms with Gasteiger partial charge in [-0.05, 0) is 25.1 Å². The molecular weight excluding hydrogens is 398 g/mol. The second kappa shape index (κ2) is 8.65. The lowest BCUT2D eigenvalue weighted by Gasteiger charge is -2.06. The first kappa shape index (κ1) is 20.2. The van der Waals surface area contributed by atoms with E-state index in [1.54, 1.807) is 37.3 Å². The molecule has 0 N–H and O–H groups in total. The number of methoxy groups -OCH3 is 1. The summed E-state index contributed by atoms with van der Waals surface area (Å²) in [6.07, 6.45) is 0. The Morgan fingerprint density at radius 2 is 2.00 bits per heavy atom. The van der Waals surface area contributed by atoms with Crippen molar-refractivity contribution in [3.63, 3.8) is 0 Å². The molecule has 0 aliphatic rings. The van der Waals surface area contributed by atoms with Gasteiger partial charge in [-0.15, -0.1) is 0 Å². The van der Waals surface area contributed by atoms with E-state index in [4.69, 9.17) is 9.47 Å². The van der Waals surface area contributed by atoms with Gasteiger partial charge in [0.1, 0.15) is 12.3 Å². The van der Waals surface area contributed by atoms with Crippen LogP contribution >= 0.6 is 11.3 Å². The molecule has 10 heteroatoms. The van der Waals surface area contributed by atoms with E-state index < -0.39 is 16.8 Å². The van der Waals surface area contributed by atoms with Crippen LogP contribution in [0.2, 0.25) is 0 Å². The number of nitro benzene ring substituents is 1. The monoisotopic (exact) mass is 415 g/mol. The number of non-ortho nitro benzene ring substituents is 1. The molecule has 0 aliphatic carbocycles. The first-order chi connectivity index (χ1) is 13.9. The van der Waals surface area contributed by atoms with Gasteiger partial charge in [-0.2, -0.15) is 4.99 Å². The second-order valence-corrected chi connectivity index (χ2v) is 6.81. The number of hydrogen-bond donors (Lipinski definition) is 0. The summed E-state index contributed by atoms with van der Waals surface area (Å²) in [6, 6.07) is 10.9. The van der Waals surface area contributed by atoms with Gasteiger partial charge in [0.05, 0.1) is 34.4 Å². The Balaban J connectivity index is 2.17. The number of esters is 1. The summed E-state index contributed by atoms with van der Waals surface area (Å²) in [5, 5.41) is 11.1. The van der Waals surface area contributed by atoms with Gasteiger partial charge in [0, 0.05) is 12.1 Å². The lowest BCUT2D eigenvalue weighted by Crippen LogP contribution is -2.23. The molecular formula is C19H17N3O6S. The third kappa shape index (κ3) is 4.32. The number of thiazole rings is 1. The zero-order chi connectivity index (χ0) is 21.0. The van der Waals surface area contributed by atoms with Crippen molar-refractivity contribution in [3.05, 3.63) is 62.9 Å². The second-order valence-electron chi connectivity index (χ2n) is 5.80. The van der Waals surface area contributed by atoms with Crippen LogP contribution in [0.3, 0.4) is 0 Å². The molecule has 3 rings (SSSR count). The topological polar surface area (TPSA) is 113 Å². The lowest BCUT2D eigenvalue weighted by atomic mass is 10.2. The predicted octanol–water partition coefficient (Wildman–Crippen LogP) is 2.92. The molecule has 150 valence electrons. The lowest BCUT2D eigenvalue weighted by molar-refractivity contribution is -0.384. The first-order valence-corrected chi connectivity index (χ1v) is 9.41. The van der Waals surface area contributed by atoms with E-state index in [2.05, 4.69) is 4.99 Å². The van der Waals surface area contributed by atoms with E-state index >= 15 is 0 Å². The minimum atomic E-state index is -0.555. The van der Waals surface area contributed by atoms with Gasteiger partial charge in [0.25, 0.3) is 11.6 Å². The molecule has 0 radical (unpaired) electrons. The Bertz CT molecular complexity index is 1160. The summed E-state index contributed by atoms with van der Waals surface area (Å²) >= 11 is 1.15. The minimum absolute atomic E-state index is 0.129. The number of rotatable bonds is 6. The van der Waals surface area contributed by atoms with Gasteiger partial charge in [0.15, 0.2) is 4.80 Å². The quantitative estimate of drug-likeness (QED) is 0.347. The molecule has 0 spiro atoms. The Hall–Kier alpha value is -3.53. The van der Waals surface area contributed by atoms with Gasteiger partial charge >= 0.3 is 5.97 Å². The molecule has 0 fully saturated rings. The molecule has 0 atom stereocenters. The van der Waals surface area contributed by atoms with Crippen LogP contribution in [0.4, 0.5) is 5.69 Å². The van der Waals surface area contributed by atoms with Crippen LogP contribution in [0.25, 0.3) is 10.2 Å². The standard InChI is InChI=1S/C19H17N3O6S/c1-3-28-17(23)11-21-14-10-12(22(25)26)8-9-16(14)29-19(21)20-18(24)13-6-4-5-7-15(13)27-2/h4-10H,3,11H2,1-2H3. The third-order valence-electron chi connectivity index (χ3n) is 4.00. The Morgan fingerprint density at radius 3 is 2.69 bits per heavy atom. The van der Waals surface area contributed by atoms with Crippen LogP contribution in [-0.2, 0) is 16.1 Å². The number of nitro groups is 1. The number of amides is 1. The number of fused-ring (bicyclic) bond motifs is 1. The van der Waals surface area contributed by atoms with Crippen molar-refractivity contribution in [2.24, 2.45) is 4.99 Å². The van der Waals surface area contributed by atoms with Gasteiger partial charge in [-0.1, -0.05) is 23.5 Å². The predicted molar refractivity (Wildman–Crippen MR) is 106 cm³/mol. The number of nitrogens with zero attached hydrogens (tertiary/aromatic N) is 3. The molecule has 0 saturated heterocycles. The van der Waals surface area contributed by atoms with Crippen molar-refractivity contribution in [2.75, 3.05) is 13.7 Å². The van der Waals surface area contributed by atoms with Crippen molar-refractivity contribution < 1.29 is 24.0 Å². The van der Waals surface area contributed by atoms with Gasteiger partial charge in [-0.25, -0.2) is 0 Å². The Kier molecular flexibility index (Phi) is 6.03. The summed E-state index contributed by atoms with van der Waals surface area (Å²) in [6.45, 7) is 1.64. The van der Waals surface area contributed by atoms with E-state index in [9.17, 15) is 19.7 Å². The fourth-order valence-electron chi connectivity index (χ4n) is 2.71. The number of benzene rings is 2. The fraction of sp³-hybridized carbons (Fsp3) is 0.211. The van der Waals surface area contributed by atoms with E-state index in [0.29, 0.717) is 16.0 Å². The summed E-state index contributed by atoms with van der Waals surface area (Å²) in [4.78, 5) is 39.8. The van der Waals surface area contributed by atoms with Crippen molar-refractivity contribution >= 4 is 39.1 Å². The Labute approximate surface area is 169 Å². The number of carbonyl (C=O) groups excluding carboxylic acids is 2. The molecule has 0 unspecified atom stereocenters. The van der Waals surface area contributed by atoms with Crippen LogP contribution in [0.1, 0.15) is 17.3 Å². The fourth-order valence-corrected chi connectivity index (χ4v) is 3.72. The molecule has 9 nitrogen and oxygen atoms in total. The molecule has 0 aliphatic heterocycles. The zero-order valence-corrected chi connectivity index (χ0v) is 16.5. The highest BCUT2D eigenvalue weighted by atomic mass is 32.1. The number of ether oxygens (including phenoxy) is 2. The van der Waals surface area contributed by atoms with Crippen LogP contribution in [-0.4, -0.2) is 35.1 Å². The van der Waals surface area contributed by atoms with Crippen molar-refractivity contribution in [1.29, 1.82) is 0 Å². The van der Waals surface area contributed by atoms with Crippen LogP contribution in [0.5, 0.6) is 5.75 Å². The van der Waals surface area contributed by atoms with Crippen molar-refractivity contribution in [3.8, 4) is 5.75 Å². The molecule has 1 aromatic heterocycles. The normalized spacial score (nSPS) is 11.4. The van der Waals surface area contributed by atoms with Crippen LogP contribution in [0.15, 0.2) is 47.5 Å². The highest BCUT2D eigenvalue weighted by Gasteiger charge is 2.17. The van der Waals surface area contributed by atoms with Gasteiger partial charge in [-0.3, -0.25) is 19.7 Å². The van der Waals surface area contributed by atoms with Gasteiger partial charge in [0.2, 0.25) is 0 Å². The third-order valence-corrected chi connectivity index (χ3v) is 5.06. The van der Waals surface area contributed by atoms with Crippen molar-refractivity contribution in [2.45, 2.75) is 13.5 Å². The van der Waals surface area contributed by atoms with E-state index in [1.165, 1.54) is 23.8 Å². The van der Waals surface area contributed by atoms with Gasteiger partial charge < -0.3 is 14.0 Å². The molecule has 2 aromatic carbocycles. The summed E-state index contributed by atoms with van der Waals surface area (Å²) in [5.41, 5.74) is 0.556. The van der Waals surface area contributed by atoms with Crippen LogP contribution < -0.4 is 9.54 Å². The van der Waals surface area contributed by atoms with Crippen molar-refractivity contribution in [1.82, 2.24) is 4.57 Å². The zero-order valence-electron chi connectivity index (χ0n) is 15.7. The highest BCUT2D eigenvalue weighted by Crippen LogP contribution is 2.24. The smallest absolute Gasteiger partial charge is 0.326 e. The number of aromatic nitrogens is 1. The first-order valence-electron chi connectivity index (χ1n) is 8.60. The number of carbonyl (C=O) groups is 2. The van der Waals surface area contributed by atoms with E-state index in [-0.39, 0.29) is 29.2 Å². The molecule has 1 amide bonds. The summed E-state index contributed by atoms with van der Waals surface area (Å²) in [5.74, 6) is -0.721. The molecule has 29 heavy (non-hydrogen) atoms.